The van der Waals surface area contributed by atoms with E-state index in [4.69, 9.17) is 29.8 Å². The van der Waals surface area contributed by atoms with Crippen LogP contribution in [-0.2, 0) is 35.7 Å². The number of likely N-dealkylation sites (tertiary alicyclic amines) is 1. The van der Waals surface area contributed by atoms with Gasteiger partial charge in [0.25, 0.3) is 0 Å². The SMILES string of the molecule is COc1ccc2c3c1O[C@H]1C(OC(=O)C(C)OC(=O)CC(N)C(=O)O)=CC[C@@]4(O)[C@@H](C2)N(C)CC[C@]314.Cl.Cl. The molecule has 2 unspecified atom stereocenters. The topological polar surface area (TPSA) is 158 Å². The predicted molar refractivity (Wildman–Crippen MR) is 138 cm³/mol. The third-order valence-corrected chi connectivity index (χ3v) is 8.12. The van der Waals surface area contributed by atoms with Gasteiger partial charge in [-0.25, -0.2) is 4.79 Å². The molecule has 11 nitrogen and oxygen atoms in total. The summed E-state index contributed by atoms with van der Waals surface area (Å²) in [5.41, 5.74) is 5.36. The highest BCUT2D eigenvalue weighted by Gasteiger charge is 2.72. The highest BCUT2D eigenvalue weighted by Crippen LogP contribution is 2.65. The number of carbonyl (C=O) groups is 3. The van der Waals surface area contributed by atoms with Crippen LogP contribution in [0.5, 0.6) is 11.5 Å². The molecule has 2 aliphatic carbocycles. The lowest BCUT2D eigenvalue weighted by Crippen LogP contribution is -2.74. The molecule has 6 atom stereocenters. The number of piperidine rings is 1. The number of aliphatic carboxylic acids is 1. The number of carboxylic acid groups (broad SMARTS) is 1. The highest BCUT2D eigenvalue weighted by atomic mass is 35.5. The van der Waals surface area contributed by atoms with Gasteiger partial charge in [-0.1, -0.05) is 6.07 Å². The number of esters is 2. The van der Waals surface area contributed by atoms with Crippen LogP contribution >= 0.6 is 24.8 Å². The van der Waals surface area contributed by atoms with E-state index in [0.29, 0.717) is 24.3 Å². The van der Waals surface area contributed by atoms with Crippen molar-refractivity contribution >= 4 is 42.7 Å². The van der Waals surface area contributed by atoms with Crippen molar-refractivity contribution in [2.45, 2.75) is 67.9 Å². The number of nitrogens with two attached hydrogens (primary N) is 1. The fraction of sp³-hybridized carbons (Fsp3) is 0.560. The quantitative estimate of drug-likeness (QED) is 0.400. The molecule has 0 radical (unpaired) electrons. The van der Waals surface area contributed by atoms with E-state index < -0.39 is 53.6 Å². The van der Waals surface area contributed by atoms with Crippen molar-refractivity contribution in [1.29, 1.82) is 0 Å². The number of hydrogen-bond donors (Lipinski definition) is 3. The zero-order chi connectivity index (χ0) is 26.0. The van der Waals surface area contributed by atoms with Crippen LogP contribution in [0.2, 0.25) is 0 Å². The summed E-state index contributed by atoms with van der Waals surface area (Å²) in [6, 6.07) is 2.28. The molecular weight excluding hydrogens is 543 g/mol. The number of ether oxygens (including phenoxy) is 4. The molecular formula is C25H32Cl2N2O9. The monoisotopic (exact) mass is 574 g/mol. The van der Waals surface area contributed by atoms with Crippen molar-refractivity contribution < 1.29 is 43.5 Å². The molecule has 1 fully saturated rings. The van der Waals surface area contributed by atoms with Gasteiger partial charge < -0.3 is 39.8 Å². The lowest BCUT2D eigenvalue weighted by Gasteiger charge is -2.61. The first kappa shape index (κ1) is 30.0. The molecule has 210 valence electrons. The number of carboxylic acids is 1. The molecule has 4 N–H and O–H groups in total. The third kappa shape index (κ3) is 4.21. The summed E-state index contributed by atoms with van der Waals surface area (Å²) in [6.07, 6.45) is 0.512. The van der Waals surface area contributed by atoms with E-state index in [-0.39, 0.29) is 43.0 Å². The fourth-order valence-electron chi connectivity index (χ4n) is 6.35. The number of likely N-dealkylation sites (N-methyl/N-ethyl adjacent to an activating group) is 1. The molecule has 1 aromatic rings. The minimum Gasteiger partial charge on any atom is -0.493 e. The zero-order valence-electron chi connectivity index (χ0n) is 21.2. The van der Waals surface area contributed by atoms with Gasteiger partial charge >= 0.3 is 17.9 Å². The van der Waals surface area contributed by atoms with Crippen molar-refractivity contribution in [3.8, 4) is 11.5 Å². The summed E-state index contributed by atoms with van der Waals surface area (Å²) in [5.74, 6) is -1.79. The zero-order valence-corrected chi connectivity index (χ0v) is 22.8. The first-order valence-electron chi connectivity index (χ1n) is 11.9. The number of aliphatic hydroxyl groups is 1. The molecule has 4 aliphatic rings. The number of methoxy groups -OCH3 is 1. The Bertz CT molecular complexity index is 1180. The summed E-state index contributed by atoms with van der Waals surface area (Å²) < 4.78 is 22.7. The van der Waals surface area contributed by atoms with Gasteiger partial charge in [0.1, 0.15) is 11.8 Å². The molecule has 2 aliphatic heterocycles. The Morgan fingerprint density at radius 1 is 1.29 bits per heavy atom. The lowest BCUT2D eigenvalue weighted by molar-refractivity contribution is -0.175. The van der Waals surface area contributed by atoms with E-state index in [1.165, 1.54) is 6.92 Å². The van der Waals surface area contributed by atoms with Crippen LogP contribution in [-0.4, -0.2) is 83.6 Å². The minimum atomic E-state index is -1.43. The van der Waals surface area contributed by atoms with Crippen molar-refractivity contribution in [3.05, 3.63) is 35.1 Å². The average Bonchev–Trinajstić information content (AvgIpc) is 3.18. The van der Waals surface area contributed by atoms with Crippen molar-refractivity contribution in [2.75, 3.05) is 20.7 Å². The van der Waals surface area contributed by atoms with Gasteiger partial charge in [-0.15, -0.1) is 24.8 Å². The summed E-state index contributed by atoms with van der Waals surface area (Å²) in [4.78, 5) is 37.9. The van der Waals surface area contributed by atoms with Crippen molar-refractivity contribution in [2.24, 2.45) is 5.73 Å². The molecule has 0 aromatic heterocycles. The van der Waals surface area contributed by atoms with E-state index in [2.05, 4.69) is 4.90 Å². The first-order chi connectivity index (χ1) is 17.0. The normalized spacial score (nSPS) is 29.7. The van der Waals surface area contributed by atoms with E-state index in [1.807, 2.05) is 19.2 Å². The van der Waals surface area contributed by atoms with Crippen LogP contribution in [0.4, 0.5) is 0 Å². The molecule has 1 spiro atoms. The Balaban J connectivity index is 0.00000200. The smallest absolute Gasteiger partial charge is 0.352 e. The molecule has 2 heterocycles. The van der Waals surface area contributed by atoms with E-state index in [9.17, 15) is 19.5 Å². The number of carbonyl (C=O) groups excluding carboxylic acids is 2. The second-order valence-electron chi connectivity index (χ2n) is 9.99. The van der Waals surface area contributed by atoms with Crippen LogP contribution in [0.25, 0.3) is 0 Å². The molecule has 38 heavy (non-hydrogen) atoms. The maximum Gasteiger partial charge on any atom is 0.352 e. The number of halogens is 2. The van der Waals surface area contributed by atoms with Crippen LogP contribution in [0, 0.1) is 0 Å². The van der Waals surface area contributed by atoms with Gasteiger partial charge in [-0.05, 0) is 51.1 Å². The molecule has 13 heteroatoms. The Morgan fingerprint density at radius 2 is 2.00 bits per heavy atom. The van der Waals surface area contributed by atoms with Crippen LogP contribution in [0.15, 0.2) is 24.0 Å². The van der Waals surface area contributed by atoms with Crippen molar-refractivity contribution in [3.63, 3.8) is 0 Å². The second-order valence-corrected chi connectivity index (χ2v) is 9.99. The predicted octanol–water partition coefficient (Wildman–Crippen LogP) is 1.09. The van der Waals surface area contributed by atoms with Gasteiger partial charge in [0.2, 0.25) is 0 Å². The third-order valence-electron chi connectivity index (χ3n) is 8.12. The van der Waals surface area contributed by atoms with Gasteiger partial charge in [0.05, 0.1) is 24.5 Å². The number of hydrogen-bond acceptors (Lipinski definition) is 10. The summed E-state index contributed by atoms with van der Waals surface area (Å²) in [5, 5.41) is 21.0. The summed E-state index contributed by atoms with van der Waals surface area (Å²) >= 11 is 0. The first-order valence-corrected chi connectivity index (χ1v) is 11.9. The molecule has 1 saturated heterocycles. The Kier molecular flexibility index (Phi) is 8.31. The van der Waals surface area contributed by atoms with Crippen LogP contribution < -0.4 is 15.2 Å². The molecule has 5 rings (SSSR count). The number of rotatable bonds is 7. The maximum absolute atomic E-state index is 12.9. The average molecular weight is 575 g/mol. The lowest BCUT2D eigenvalue weighted by atomic mass is 9.50. The van der Waals surface area contributed by atoms with Gasteiger partial charge in [0, 0.05) is 18.0 Å². The fourth-order valence-corrected chi connectivity index (χ4v) is 6.35. The molecule has 1 aromatic carbocycles. The van der Waals surface area contributed by atoms with E-state index >= 15 is 0 Å². The highest BCUT2D eigenvalue weighted by molar-refractivity contribution is 5.86. The molecule has 2 bridgehead atoms. The van der Waals surface area contributed by atoms with Gasteiger partial charge in [0.15, 0.2) is 23.7 Å². The molecule has 0 amide bonds. The summed E-state index contributed by atoms with van der Waals surface area (Å²) in [7, 11) is 3.55. The van der Waals surface area contributed by atoms with Crippen LogP contribution in [0.1, 0.15) is 37.3 Å². The largest absolute Gasteiger partial charge is 0.493 e. The van der Waals surface area contributed by atoms with Gasteiger partial charge in [-0.3, -0.25) is 9.59 Å². The Hall–Kier alpha value is -2.57. The van der Waals surface area contributed by atoms with Crippen molar-refractivity contribution in [1.82, 2.24) is 4.90 Å². The Labute approximate surface area is 232 Å². The van der Waals surface area contributed by atoms with E-state index in [1.54, 1.807) is 13.2 Å². The summed E-state index contributed by atoms with van der Waals surface area (Å²) in [6.45, 7) is 2.06. The van der Waals surface area contributed by atoms with E-state index in [0.717, 1.165) is 17.7 Å². The van der Waals surface area contributed by atoms with Crippen LogP contribution in [0.3, 0.4) is 0 Å². The van der Waals surface area contributed by atoms with Gasteiger partial charge in [-0.2, -0.15) is 0 Å². The Morgan fingerprint density at radius 3 is 2.66 bits per heavy atom. The molecule has 0 saturated carbocycles. The minimum absolute atomic E-state index is 0. The number of nitrogens with zero attached hydrogens (tertiary/aromatic N) is 1. The second kappa shape index (κ2) is 10.5. The standard InChI is InChI=1S/C25H30N2O9.2ClH/c1-12(34-18(28)11-14(26)22(29)30)23(31)35-16-6-7-25(32)17-10-13-4-5-15(33-3)20-19(13)24(25,21(16)36-20)8-9-27(17)2;;/h4-6,12,14,17,21,32H,7-11,26H2,1-3H3,(H,29,30);2*1H/t12?,14?,17-,21+,24+,25-;;/m1../s1. The number of benzene rings is 1. The maximum atomic E-state index is 12.9.